The van der Waals surface area contributed by atoms with Gasteiger partial charge in [0.2, 0.25) is 5.91 Å². The Morgan fingerprint density at radius 3 is 2.86 bits per heavy atom. The van der Waals surface area contributed by atoms with Crippen molar-refractivity contribution < 1.29 is 13.9 Å². The molecular formula is C20H24N4O3S. The molecule has 7 nitrogen and oxygen atoms in total. The molecule has 0 unspecified atom stereocenters. The molecule has 2 heterocycles. The van der Waals surface area contributed by atoms with Crippen molar-refractivity contribution in [3.05, 3.63) is 48.2 Å². The highest BCUT2D eigenvalue weighted by atomic mass is 32.2. The van der Waals surface area contributed by atoms with E-state index >= 15 is 0 Å². The summed E-state index contributed by atoms with van der Waals surface area (Å²) in [6.45, 7) is 5.45. The zero-order valence-corrected chi connectivity index (χ0v) is 17.0. The summed E-state index contributed by atoms with van der Waals surface area (Å²) in [6.07, 6.45) is 1.61. The van der Waals surface area contributed by atoms with Crippen molar-refractivity contribution in [2.24, 2.45) is 5.92 Å². The number of hydrogen-bond donors (Lipinski definition) is 1. The molecule has 28 heavy (non-hydrogen) atoms. The first-order valence-electron chi connectivity index (χ1n) is 9.06. The fourth-order valence-electron chi connectivity index (χ4n) is 2.68. The van der Waals surface area contributed by atoms with Crippen molar-refractivity contribution >= 4 is 17.7 Å². The van der Waals surface area contributed by atoms with Crippen LogP contribution in [0.1, 0.15) is 19.4 Å². The highest BCUT2D eigenvalue weighted by molar-refractivity contribution is 7.99. The predicted molar refractivity (Wildman–Crippen MR) is 108 cm³/mol. The van der Waals surface area contributed by atoms with Gasteiger partial charge in [0.25, 0.3) is 0 Å². The molecule has 148 valence electrons. The zero-order valence-electron chi connectivity index (χ0n) is 16.2. The van der Waals surface area contributed by atoms with E-state index in [4.69, 9.17) is 9.15 Å². The molecule has 0 saturated heterocycles. The second kappa shape index (κ2) is 9.45. The maximum atomic E-state index is 12.3. The number of carbonyl (C=O) groups is 1. The average Bonchev–Trinajstić information content (AvgIpc) is 3.34. The molecule has 0 atom stereocenters. The molecule has 0 saturated carbocycles. The van der Waals surface area contributed by atoms with Gasteiger partial charge in [0, 0.05) is 13.1 Å². The van der Waals surface area contributed by atoms with Crippen LogP contribution in [0.5, 0.6) is 5.75 Å². The Kier molecular flexibility index (Phi) is 6.76. The lowest BCUT2D eigenvalue weighted by Crippen LogP contribution is -2.24. The maximum Gasteiger partial charge on any atom is 0.230 e. The van der Waals surface area contributed by atoms with Crippen LogP contribution in [0.2, 0.25) is 0 Å². The first-order valence-corrected chi connectivity index (χ1v) is 10.0. The lowest BCUT2D eigenvalue weighted by Gasteiger charge is -2.11. The molecule has 3 rings (SSSR count). The van der Waals surface area contributed by atoms with E-state index in [-0.39, 0.29) is 11.7 Å². The molecule has 0 radical (unpaired) electrons. The second-order valence-electron chi connectivity index (χ2n) is 6.70. The van der Waals surface area contributed by atoms with Gasteiger partial charge in [-0.25, -0.2) is 0 Å². The van der Waals surface area contributed by atoms with Gasteiger partial charge in [-0.3, -0.25) is 9.36 Å². The summed E-state index contributed by atoms with van der Waals surface area (Å²) < 4.78 is 12.7. The number of rotatable bonds is 9. The van der Waals surface area contributed by atoms with E-state index in [9.17, 15) is 4.79 Å². The lowest BCUT2D eigenvalue weighted by atomic mass is 10.2. The van der Waals surface area contributed by atoms with E-state index in [1.165, 1.54) is 11.8 Å². The van der Waals surface area contributed by atoms with Crippen molar-refractivity contribution in [1.82, 2.24) is 20.1 Å². The van der Waals surface area contributed by atoms with Crippen LogP contribution in [-0.4, -0.2) is 33.5 Å². The fraction of sp³-hybridized carbons (Fsp3) is 0.350. The number of furan rings is 1. The Balaban J connectivity index is 1.61. The first kappa shape index (κ1) is 20.0. The molecule has 8 heteroatoms. The molecular weight excluding hydrogens is 376 g/mol. The Bertz CT molecular complexity index is 906. The lowest BCUT2D eigenvalue weighted by molar-refractivity contribution is -0.118. The largest absolute Gasteiger partial charge is 0.497 e. The predicted octanol–water partition coefficient (Wildman–Crippen LogP) is 3.61. The van der Waals surface area contributed by atoms with Crippen molar-refractivity contribution in [1.29, 1.82) is 0 Å². The molecule has 1 aromatic carbocycles. The van der Waals surface area contributed by atoms with Crippen molar-refractivity contribution in [2.45, 2.75) is 32.1 Å². The Labute approximate surface area is 168 Å². The number of nitrogens with zero attached hydrogens (tertiary/aromatic N) is 3. The van der Waals surface area contributed by atoms with Crippen LogP contribution in [0, 0.1) is 5.92 Å². The SMILES string of the molecule is COc1cccc(CNC(=O)CSc2nnc(-c3ccco3)n2CC(C)C)c1. The summed E-state index contributed by atoms with van der Waals surface area (Å²) in [6, 6.07) is 11.3. The van der Waals surface area contributed by atoms with Crippen LogP contribution >= 0.6 is 11.8 Å². The minimum absolute atomic E-state index is 0.0635. The van der Waals surface area contributed by atoms with E-state index in [1.807, 2.05) is 41.0 Å². The van der Waals surface area contributed by atoms with Gasteiger partial charge >= 0.3 is 0 Å². The van der Waals surface area contributed by atoms with E-state index in [0.717, 1.165) is 17.9 Å². The van der Waals surface area contributed by atoms with Crippen LogP contribution in [-0.2, 0) is 17.9 Å². The molecule has 0 aliphatic carbocycles. The van der Waals surface area contributed by atoms with Gasteiger partial charge in [0.15, 0.2) is 16.7 Å². The summed E-state index contributed by atoms with van der Waals surface area (Å²) in [5.41, 5.74) is 0.987. The third-order valence-corrected chi connectivity index (χ3v) is 4.93. The fourth-order valence-corrected chi connectivity index (χ4v) is 3.46. The van der Waals surface area contributed by atoms with Crippen LogP contribution < -0.4 is 10.1 Å². The molecule has 0 spiro atoms. The monoisotopic (exact) mass is 400 g/mol. The van der Waals surface area contributed by atoms with E-state index in [2.05, 4.69) is 29.4 Å². The topological polar surface area (TPSA) is 82.2 Å². The van der Waals surface area contributed by atoms with E-state index in [0.29, 0.717) is 29.2 Å². The summed E-state index contributed by atoms with van der Waals surface area (Å²) in [5.74, 6) is 2.73. The van der Waals surface area contributed by atoms with Gasteiger partial charge in [0.1, 0.15) is 5.75 Å². The number of hydrogen-bond acceptors (Lipinski definition) is 6. The standard InChI is InChI=1S/C20H24N4O3S/c1-14(2)12-24-19(17-8-5-9-27-17)22-23-20(24)28-13-18(25)21-11-15-6-4-7-16(10-15)26-3/h4-10,14H,11-13H2,1-3H3,(H,21,25). The number of carbonyl (C=O) groups excluding carboxylic acids is 1. The van der Waals surface area contributed by atoms with Crippen molar-refractivity contribution in [3.63, 3.8) is 0 Å². The van der Waals surface area contributed by atoms with Gasteiger partial charge in [0.05, 0.1) is 19.1 Å². The summed E-state index contributed by atoms with van der Waals surface area (Å²) in [4.78, 5) is 12.3. The Morgan fingerprint density at radius 1 is 1.29 bits per heavy atom. The van der Waals surface area contributed by atoms with Crippen molar-refractivity contribution in [2.75, 3.05) is 12.9 Å². The Hall–Kier alpha value is -2.74. The Morgan fingerprint density at radius 2 is 2.14 bits per heavy atom. The zero-order chi connectivity index (χ0) is 19.9. The summed E-state index contributed by atoms with van der Waals surface area (Å²) in [7, 11) is 1.62. The molecule has 0 fully saturated rings. The smallest absolute Gasteiger partial charge is 0.230 e. The number of thioether (sulfide) groups is 1. The van der Waals surface area contributed by atoms with E-state index < -0.39 is 0 Å². The number of ether oxygens (including phenoxy) is 1. The molecule has 0 aliphatic heterocycles. The number of methoxy groups -OCH3 is 1. The number of nitrogens with one attached hydrogen (secondary N) is 1. The maximum absolute atomic E-state index is 12.3. The van der Waals surface area contributed by atoms with Crippen LogP contribution in [0.15, 0.2) is 52.2 Å². The summed E-state index contributed by atoms with van der Waals surface area (Å²) >= 11 is 1.37. The first-order chi connectivity index (χ1) is 13.6. The van der Waals surface area contributed by atoms with Gasteiger partial charge < -0.3 is 14.5 Å². The quantitative estimate of drug-likeness (QED) is 0.553. The molecule has 1 N–H and O–H groups in total. The number of amides is 1. The van der Waals surface area contributed by atoms with Gasteiger partial charge in [-0.05, 0) is 35.7 Å². The van der Waals surface area contributed by atoms with Crippen LogP contribution in [0.25, 0.3) is 11.6 Å². The minimum atomic E-state index is -0.0635. The highest BCUT2D eigenvalue weighted by Crippen LogP contribution is 2.25. The third-order valence-electron chi connectivity index (χ3n) is 3.96. The average molecular weight is 401 g/mol. The third kappa shape index (κ3) is 5.16. The molecule has 3 aromatic rings. The van der Waals surface area contributed by atoms with Crippen molar-refractivity contribution in [3.8, 4) is 17.3 Å². The molecule has 0 aliphatic rings. The van der Waals surface area contributed by atoms with Crippen LogP contribution in [0.4, 0.5) is 0 Å². The molecule has 0 bridgehead atoms. The summed E-state index contributed by atoms with van der Waals surface area (Å²) in [5, 5.41) is 12.1. The number of aromatic nitrogens is 3. The normalized spacial score (nSPS) is 11.0. The highest BCUT2D eigenvalue weighted by Gasteiger charge is 2.18. The van der Waals surface area contributed by atoms with Gasteiger partial charge in [-0.2, -0.15) is 0 Å². The second-order valence-corrected chi connectivity index (χ2v) is 7.65. The van der Waals surface area contributed by atoms with Gasteiger partial charge in [-0.1, -0.05) is 37.7 Å². The van der Waals surface area contributed by atoms with Crippen LogP contribution in [0.3, 0.4) is 0 Å². The minimum Gasteiger partial charge on any atom is -0.497 e. The van der Waals surface area contributed by atoms with E-state index in [1.54, 1.807) is 13.4 Å². The molecule has 2 aromatic heterocycles. The number of benzene rings is 1. The van der Waals surface area contributed by atoms with Gasteiger partial charge in [-0.15, -0.1) is 10.2 Å². The molecule has 1 amide bonds.